The molecule has 0 radical (unpaired) electrons. The number of rotatable bonds is 6. The van der Waals surface area contributed by atoms with Crippen molar-refractivity contribution >= 4 is 23.7 Å². The molecule has 2 N–H and O–H groups in total. The van der Waals surface area contributed by atoms with Crippen molar-refractivity contribution in [3.8, 4) is 11.5 Å². The molecule has 0 aliphatic carbocycles. The first kappa shape index (κ1) is 16.8. The number of phenolic OH excluding ortho intramolecular Hbond substituents is 1. The molecule has 0 fully saturated rings. The molecule has 0 aromatic heterocycles. The minimum absolute atomic E-state index is 0.112. The van der Waals surface area contributed by atoms with E-state index < -0.39 is 0 Å². The van der Waals surface area contributed by atoms with Crippen LogP contribution in [0.1, 0.15) is 18.1 Å². The van der Waals surface area contributed by atoms with E-state index in [1.54, 1.807) is 13.0 Å². The van der Waals surface area contributed by atoms with E-state index in [4.69, 9.17) is 16.3 Å². The highest BCUT2D eigenvalue weighted by molar-refractivity contribution is 6.32. The average molecular weight is 333 g/mol. The molecule has 1 amide bonds. The molecular formula is C17H17ClN2O3. The third-order valence-electron chi connectivity index (χ3n) is 2.96. The fourth-order valence-corrected chi connectivity index (χ4v) is 2.15. The molecule has 2 aromatic carbocycles. The van der Waals surface area contributed by atoms with Crippen molar-refractivity contribution in [1.82, 2.24) is 5.43 Å². The van der Waals surface area contributed by atoms with Gasteiger partial charge in [-0.2, -0.15) is 5.10 Å². The summed E-state index contributed by atoms with van der Waals surface area (Å²) in [5.41, 5.74) is 3.97. The number of carbonyl (C=O) groups is 1. The van der Waals surface area contributed by atoms with Gasteiger partial charge in [0.05, 0.1) is 24.3 Å². The normalized spacial score (nSPS) is 10.7. The molecular weight excluding hydrogens is 316 g/mol. The number of halogens is 1. The summed E-state index contributed by atoms with van der Waals surface area (Å²) in [5, 5.41) is 13.8. The SMILES string of the molecule is CCOc1cc(C=NNC(=O)Cc2ccccc2)cc(Cl)c1O. The minimum Gasteiger partial charge on any atom is -0.503 e. The maximum Gasteiger partial charge on any atom is 0.244 e. The smallest absolute Gasteiger partial charge is 0.244 e. The number of aromatic hydroxyl groups is 1. The Morgan fingerprint density at radius 1 is 1.35 bits per heavy atom. The van der Waals surface area contributed by atoms with E-state index in [0.717, 1.165) is 5.56 Å². The van der Waals surface area contributed by atoms with Crippen LogP contribution >= 0.6 is 11.6 Å². The average Bonchev–Trinajstić information content (AvgIpc) is 2.53. The number of phenols is 1. The molecule has 0 unspecified atom stereocenters. The second kappa shape index (κ2) is 8.19. The van der Waals surface area contributed by atoms with Crippen LogP contribution in [0.2, 0.25) is 5.02 Å². The highest BCUT2D eigenvalue weighted by Gasteiger charge is 2.08. The Balaban J connectivity index is 1.99. The molecule has 2 rings (SSSR count). The van der Waals surface area contributed by atoms with Gasteiger partial charge in [0.15, 0.2) is 11.5 Å². The van der Waals surface area contributed by atoms with Crippen LogP contribution in [0.15, 0.2) is 47.6 Å². The van der Waals surface area contributed by atoms with Crippen LogP contribution in [0.5, 0.6) is 11.5 Å². The van der Waals surface area contributed by atoms with Gasteiger partial charge in [0.2, 0.25) is 5.91 Å². The first-order valence-electron chi connectivity index (χ1n) is 7.11. The van der Waals surface area contributed by atoms with Crippen molar-refractivity contribution < 1.29 is 14.6 Å². The predicted octanol–water partition coefficient (Wildman–Crippen LogP) is 3.14. The van der Waals surface area contributed by atoms with Gasteiger partial charge in [0.25, 0.3) is 0 Å². The van der Waals surface area contributed by atoms with Crippen LogP contribution in [0.4, 0.5) is 0 Å². The summed E-state index contributed by atoms with van der Waals surface area (Å²) >= 11 is 5.92. The minimum atomic E-state index is -0.220. The standard InChI is InChI=1S/C17H17ClN2O3/c1-2-23-15-9-13(8-14(18)17(15)22)11-19-20-16(21)10-12-6-4-3-5-7-12/h3-9,11,22H,2,10H2,1H3,(H,20,21). The number of benzene rings is 2. The summed E-state index contributed by atoms with van der Waals surface area (Å²) in [6, 6.07) is 12.5. The maximum absolute atomic E-state index is 11.8. The summed E-state index contributed by atoms with van der Waals surface area (Å²) in [5.74, 6) is -0.0572. The first-order chi connectivity index (χ1) is 11.1. The van der Waals surface area contributed by atoms with Gasteiger partial charge in [0, 0.05) is 0 Å². The van der Waals surface area contributed by atoms with Gasteiger partial charge in [-0.05, 0) is 30.2 Å². The van der Waals surface area contributed by atoms with Crippen LogP contribution in [0.3, 0.4) is 0 Å². The number of carbonyl (C=O) groups excluding carboxylic acids is 1. The molecule has 0 saturated heterocycles. The van der Waals surface area contributed by atoms with E-state index in [-0.39, 0.29) is 28.8 Å². The number of ether oxygens (including phenoxy) is 1. The zero-order chi connectivity index (χ0) is 16.7. The van der Waals surface area contributed by atoms with Gasteiger partial charge in [-0.15, -0.1) is 0 Å². The molecule has 0 atom stereocenters. The van der Waals surface area contributed by atoms with Crippen molar-refractivity contribution in [1.29, 1.82) is 0 Å². The lowest BCUT2D eigenvalue weighted by molar-refractivity contribution is -0.120. The van der Waals surface area contributed by atoms with Gasteiger partial charge >= 0.3 is 0 Å². The zero-order valence-electron chi connectivity index (χ0n) is 12.6. The van der Waals surface area contributed by atoms with Crippen molar-refractivity contribution in [2.75, 3.05) is 6.61 Å². The molecule has 0 saturated carbocycles. The molecule has 0 aliphatic rings. The summed E-state index contributed by atoms with van der Waals surface area (Å²) in [7, 11) is 0. The molecule has 23 heavy (non-hydrogen) atoms. The topological polar surface area (TPSA) is 70.9 Å². The van der Waals surface area contributed by atoms with Crippen molar-refractivity contribution in [2.45, 2.75) is 13.3 Å². The van der Waals surface area contributed by atoms with E-state index >= 15 is 0 Å². The summed E-state index contributed by atoms with van der Waals surface area (Å²) < 4.78 is 5.28. The number of hydrogen-bond acceptors (Lipinski definition) is 4. The van der Waals surface area contributed by atoms with E-state index in [1.165, 1.54) is 12.3 Å². The second-order valence-corrected chi connectivity index (χ2v) is 5.15. The first-order valence-corrected chi connectivity index (χ1v) is 7.49. The molecule has 0 aliphatic heterocycles. The summed E-state index contributed by atoms with van der Waals surface area (Å²) in [4.78, 5) is 11.8. The number of hydrazone groups is 1. The molecule has 0 spiro atoms. The molecule has 2 aromatic rings. The molecule has 5 nitrogen and oxygen atoms in total. The fourth-order valence-electron chi connectivity index (χ4n) is 1.93. The van der Waals surface area contributed by atoms with Gasteiger partial charge in [-0.25, -0.2) is 5.43 Å². The van der Waals surface area contributed by atoms with Crippen molar-refractivity contribution in [3.63, 3.8) is 0 Å². The number of nitrogens with zero attached hydrogens (tertiary/aromatic N) is 1. The largest absolute Gasteiger partial charge is 0.503 e. The lowest BCUT2D eigenvalue weighted by Gasteiger charge is -2.08. The molecule has 0 bridgehead atoms. The Morgan fingerprint density at radius 2 is 2.09 bits per heavy atom. The van der Waals surface area contributed by atoms with Crippen molar-refractivity contribution in [3.05, 3.63) is 58.6 Å². The van der Waals surface area contributed by atoms with Crippen LogP contribution < -0.4 is 10.2 Å². The lowest BCUT2D eigenvalue weighted by Crippen LogP contribution is -2.19. The van der Waals surface area contributed by atoms with Gasteiger partial charge < -0.3 is 9.84 Å². The maximum atomic E-state index is 11.8. The highest BCUT2D eigenvalue weighted by Crippen LogP contribution is 2.34. The Hall–Kier alpha value is -2.53. The van der Waals surface area contributed by atoms with Crippen LogP contribution in [-0.4, -0.2) is 23.8 Å². The van der Waals surface area contributed by atoms with E-state index in [9.17, 15) is 9.90 Å². The Kier molecular flexibility index (Phi) is 6.00. The van der Waals surface area contributed by atoms with Crippen molar-refractivity contribution in [2.24, 2.45) is 5.10 Å². The number of hydrogen-bond donors (Lipinski definition) is 2. The van der Waals surface area contributed by atoms with Gasteiger partial charge in [-0.3, -0.25) is 4.79 Å². The quantitative estimate of drug-likeness (QED) is 0.630. The fraction of sp³-hybridized carbons (Fsp3) is 0.176. The van der Waals surface area contributed by atoms with E-state index in [2.05, 4.69) is 10.5 Å². The molecule has 120 valence electrons. The Bertz CT molecular complexity index is 702. The van der Waals surface area contributed by atoms with E-state index in [1.807, 2.05) is 30.3 Å². The molecule has 6 heteroatoms. The highest BCUT2D eigenvalue weighted by atomic mass is 35.5. The third kappa shape index (κ3) is 5.00. The predicted molar refractivity (Wildman–Crippen MR) is 90.2 cm³/mol. The van der Waals surface area contributed by atoms with Crippen LogP contribution in [0.25, 0.3) is 0 Å². The van der Waals surface area contributed by atoms with Gasteiger partial charge in [0.1, 0.15) is 0 Å². The third-order valence-corrected chi connectivity index (χ3v) is 3.25. The number of amides is 1. The Labute approximate surface area is 139 Å². The molecule has 0 heterocycles. The van der Waals surface area contributed by atoms with Crippen LogP contribution in [0, 0.1) is 0 Å². The number of nitrogens with one attached hydrogen (secondary N) is 1. The summed E-state index contributed by atoms with van der Waals surface area (Å²) in [6.45, 7) is 2.20. The second-order valence-electron chi connectivity index (χ2n) is 4.74. The van der Waals surface area contributed by atoms with E-state index in [0.29, 0.717) is 12.2 Å². The summed E-state index contributed by atoms with van der Waals surface area (Å²) in [6.07, 6.45) is 1.69. The van der Waals surface area contributed by atoms with Crippen LogP contribution in [-0.2, 0) is 11.2 Å². The van der Waals surface area contributed by atoms with Gasteiger partial charge in [-0.1, -0.05) is 41.9 Å². The Morgan fingerprint density at radius 3 is 2.78 bits per heavy atom. The monoisotopic (exact) mass is 332 g/mol. The lowest BCUT2D eigenvalue weighted by atomic mass is 10.1. The zero-order valence-corrected chi connectivity index (χ0v) is 13.4.